The minimum Gasteiger partial charge on any atom is -0.478 e. The van der Waals surface area contributed by atoms with Gasteiger partial charge in [-0.05, 0) is 23.3 Å². The summed E-state index contributed by atoms with van der Waals surface area (Å²) >= 11 is 0. The van der Waals surface area contributed by atoms with Gasteiger partial charge in [-0.15, -0.1) is 0 Å². The number of carboxylic acids is 1. The van der Waals surface area contributed by atoms with Crippen LogP contribution in [-0.4, -0.2) is 24.0 Å². The van der Waals surface area contributed by atoms with E-state index in [1.54, 1.807) is 6.08 Å². The Morgan fingerprint density at radius 2 is 1.67 bits per heavy atom. The van der Waals surface area contributed by atoms with Crippen molar-refractivity contribution in [3.8, 4) is 0 Å². The van der Waals surface area contributed by atoms with Crippen molar-refractivity contribution in [2.75, 3.05) is 0 Å². The molecule has 0 saturated heterocycles. The van der Waals surface area contributed by atoms with Gasteiger partial charge in [-0.25, -0.2) is 4.79 Å². The Kier molecular flexibility index (Phi) is 4.21. The molecule has 0 spiro atoms. The molecule has 0 unspecified atom stereocenters. The third-order valence-corrected chi connectivity index (χ3v) is 3.70. The molecule has 0 amide bonds. The summed E-state index contributed by atoms with van der Waals surface area (Å²) in [4.78, 5) is 10.4. The van der Waals surface area contributed by atoms with E-state index < -0.39 is 21.0 Å². The van der Waals surface area contributed by atoms with E-state index in [0.29, 0.717) is 0 Å². The van der Waals surface area contributed by atoms with Gasteiger partial charge in [0.1, 0.15) is 4.90 Å². The van der Waals surface area contributed by atoms with Crippen LogP contribution in [0.3, 0.4) is 0 Å². The quantitative estimate of drug-likeness (QED) is 0.669. The lowest BCUT2D eigenvalue weighted by atomic mass is 10.1. The van der Waals surface area contributed by atoms with Crippen molar-refractivity contribution in [3.63, 3.8) is 0 Å². The fourth-order valence-corrected chi connectivity index (χ4v) is 2.49. The molecule has 0 fully saturated rings. The van der Waals surface area contributed by atoms with Crippen molar-refractivity contribution >= 4 is 28.2 Å². The molecule has 2 aromatic rings. The van der Waals surface area contributed by atoms with Gasteiger partial charge in [0.25, 0.3) is 10.1 Å². The number of carboxylic acid groups (broad SMARTS) is 1. The van der Waals surface area contributed by atoms with E-state index in [0.717, 1.165) is 11.6 Å². The Balaban J connectivity index is 2.49. The van der Waals surface area contributed by atoms with Crippen molar-refractivity contribution in [2.45, 2.75) is 4.90 Å². The third-order valence-electron chi connectivity index (χ3n) is 2.79. The summed E-state index contributed by atoms with van der Waals surface area (Å²) in [6.07, 6.45) is 3.18. The number of hydrogen-bond acceptors (Lipinski definition) is 3. The summed E-state index contributed by atoms with van der Waals surface area (Å²) in [6, 6.07) is 12.7. The second kappa shape index (κ2) is 5.90. The molecule has 0 heterocycles. The number of benzene rings is 2. The van der Waals surface area contributed by atoms with Gasteiger partial charge in [0.15, 0.2) is 0 Å². The summed E-state index contributed by atoms with van der Waals surface area (Å²) in [6.45, 7) is 0. The van der Waals surface area contributed by atoms with Crippen LogP contribution in [0.1, 0.15) is 21.5 Å². The highest BCUT2D eigenvalue weighted by Gasteiger charge is 2.16. The summed E-state index contributed by atoms with van der Waals surface area (Å²) in [7, 11) is -4.51. The van der Waals surface area contributed by atoms with Crippen molar-refractivity contribution in [1.29, 1.82) is 0 Å². The van der Waals surface area contributed by atoms with Gasteiger partial charge in [0, 0.05) is 0 Å². The average Bonchev–Trinajstić information content (AvgIpc) is 2.45. The minimum atomic E-state index is -4.51. The van der Waals surface area contributed by atoms with E-state index in [4.69, 9.17) is 5.11 Å². The molecule has 0 aromatic heterocycles. The van der Waals surface area contributed by atoms with Crippen LogP contribution < -0.4 is 0 Å². The van der Waals surface area contributed by atoms with Crippen LogP contribution >= 0.6 is 0 Å². The van der Waals surface area contributed by atoms with Crippen molar-refractivity contribution in [1.82, 2.24) is 0 Å². The molecular formula is C15H12O5S. The second-order valence-corrected chi connectivity index (χ2v) is 5.67. The number of aromatic carboxylic acids is 1. The summed E-state index contributed by atoms with van der Waals surface area (Å²) in [5.41, 5.74) is 0.854. The first-order valence-electron chi connectivity index (χ1n) is 5.96. The van der Waals surface area contributed by atoms with E-state index >= 15 is 0 Å². The first kappa shape index (κ1) is 15.0. The Morgan fingerprint density at radius 1 is 1.00 bits per heavy atom. The lowest BCUT2D eigenvalue weighted by molar-refractivity contribution is 0.0696. The molecule has 0 bridgehead atoms. The molecule has 0 aliphatic heterocycles. The highest BCUT2D eigenvalue weighted by atomic mass is 32.2. The van der Waals surface area contributed by atoms with Gasteiger partial charge in [0.05, 0.1) is 5.56 Å². The molecule has 6 heteroatoms. The first-order valence-corrected chi connectivity index (χ1v) is 7.40. The molecule has 0 radical (unpaired) electrons. The lowest BCUT2D eigenvalue weighted by Crippen LogP contribution is -2.04. The highest BCUT2D eigenvalue weighted by molar-refractivity contribution is 7.86. The van der Waals surface area contributed by atoms with E-state index in [1.807, 2.05) is 30.3 Å². The monoisotopic (exact) mass is 304 g/mol. The number of rotatable bonds is 4. The summed E-state index contributed by atoms with van der Waals surface area (Å²) < 4.78 is 32.0. The zero-order valence-corrected chi connectivity index (χ0v) is 11.6. The van der Waals surface area contributed by atoms with E-state index in [9.17, 15) is 17.8 Å². The summed E-state index contributed by atoms with van der Waals surface area (Å²) in [5, 5.41) is 8.88. The van der Waals surface area contributed by atoms with Crippen LogP contribution in [0, 0.1) is 0 Å². The largest absolute Gasteiger partial charge is 0.478 e. The van der Waals surface area contributed by atoms with Gasteiger partial charge in [-0.3, -0.25) is 4.55 Å². The first-order chi connectivity index (χ1) is 9.88. The second-order valence-electron chi connectivity index (χ2n) is 4.28. The van der Waals surface area contributed by atoms with E-state index in [2.05, 4.69) is 0 Å². The SMILES string of the molecule is O=C(O)c1ccc(C=Cc2ccccc2)c(S(=O)(=O)O)c1. The zero-order chi connectivity index (χ0) is 15.5. The molecule has 21 heavy (non-hydrogen) atoms. The normalized spacial score (nSPS) is 11.7. The Morgan fingerprint density at radius 3 is 2.24 bits per heavy atom. The molecule has 2 N–H and O–H groups in total. The molecule has 2 rings (SSSR count). The third kappa shape index (κ3) is 3.77. The smallest absolute Gasteiger partial charge is 0.335 e. The van der Waals surface area contributed by atoms with Gasteiger partial charge in [-0.2, -0.15) is 8.42 Å². The van der Waals surface area contributed by atoms with Crippen LogP contribution in [0.2, 0.25) is 0 Å². The van der Waals surface area contributed by atoms with Gasteiger partial charge >= 0.3 is 5.97 Å². The molecule has 2 aromatic carbocycles. The van der Waals surface area contributed by atoms with E-state index in [1.165, 1.54) is 18.2 Å². The predicted molar refractivity (Wildman–Crippen MR) is 78.6 cm³/mol. The molecule has 0 aliphatic carbocycles. The van der Waals surface area contributed by atoms with Gasteiger partial charge < -0.3 is 5.11 Å². The molecular weight excluding hydrogens is 292 g/mol. The standard InChI is InChI=1S/C15H12O5S/c16-15(17)13-9-8-12(14(10-13)21(18,19)20)7-6-11-4-2-1-3-5-11/h1-10H,(H,16,17)(H,18,19,20). The molecule has 108 valence electrons. The maximum absolute atomic E-state index is 11.4. The minimum absolute atomic E-state index is 0.209. The lowest BCUT2D eigenvalue weighted by Gasteiger charge is -2.04. The molecule has 0 saturated carbocycles. The Labute approximate surface area is 121 Å². The zero-order valence-electron chi connectivity index (χ0n) is 10.8. The van der Waals surface area contributed by atoms with Gasteiger partial charge in [-0.1, -0.05) is 48.6 Å². The fraction of sp³-hybridized carbons (Fsp3) is 0. The molecule has 5 nitrogen and oxygen atoms in total. The predicted octanol–water partition coefficient (Wildman–Crippen LogP) is 2.80. The fourth-order valence-electron chi connectivity index (χ4n) is 1.78. The Bertz CT molecular complexity index is 792. The maximum Gasteiger partial charge on any atom is 0.335 e. The molecule has 0 atom stereocenters. The van der Waals surface area contributed by atoms with Crippen LogP contribution in [0.25, 0.3) is 12.2 Å². The molecule has 0 aliphatic rings. The van der Waals surface area contributed by atoms with Crippen molar-refractivity contribution < 1.29 is 22.9 Å². The van der Waals surface area contributed by atoms with E-state index in [-0.39, 0.29) is 11.1 Å². The number of hydrogen-bond donors (Lipinski definition) is 2. The average molecular weight is 304 g/mol. The van der Waals surface area contributed by atoms with Crippen molar-refractivity contribution in [3.05, 3.63) is 65.2 Å². The van der Waals surface area contributed by atoms with Crippen molar-refractivity contribution in [2.24, 2.45) is 0 Å². The summed E-state index contributed by atoms with van der Waals surface area (Å²) in [5.74, 6) is -1.27. The maximum atomic E-state index is 11.4. The Hall–Kier alpha value is -2.44. The van der Waals surface area contributed by atoms with Crippen LogP contribution in [-0.2, 0) is 10.1 Å². The van der Waals surface area contributed by atoms with Crippen LogP contribution in [0.5, 0.6) is 0 Å². The van der Waals surface area contributed by atoms with Crippen LogP contribution in [0.15, 0.2) is 53.4 Å². The van der Waals surface area contributed by atoms with Gasteiger partial charge in [0.2, 0.25) is 0 Å². The topological polar surface area (TPSA) is 91.7 Å². The number of carbonyl (C=O) groups is 1. The van der Waals surface area contributed by atoms with Crippen LogP contribution in [0.4, 0.5) is 0 Å². The highest BCUT2D eigenvalue weighted by Crippen LogP contribution is 2.20.